The number of nitrogen functional groups attached to an aromatic ring is 1. The van der Waals surface area contributed by atoms with Gasteiger partial charge in [-0.2, -0.15) is 0 Å². The van der Waals surface area contributed by atoms with E-state index in [0.717, 1.165) is 55.4 Å². The number of benzene rings is 1. The Kier molecular flexibility index (Phi) is 5.71. The Morgan fingerprint density at radius 2 is 1.90 bits per heavy atom. The smallest absolute Gasteiger partial charge is 0.297 e. The van der Waals surface area contributed by atoms with Crippen LogP contribution < -0.4 is 11.3 Å². The number of nitrogens with two attached hydrogens (primary N) is 1. The van der Waals surface area contributed by atoms with E-state index in [0.29, 0.717) is 16.5 Å². The van der Waals surface area contributed by atoms with Gasteiger partial charge in [0.25, 0.3) is 5.56 Å². The van der Waals surface area contributed by atoms with Gasteiger partial charge in [0.05, 0.1) is 5.69 Å². The molecule has 0 saturated carbocycles. The van der Waals surface area contributed by atoms with Gasteiger partial charge in [-0.15, -0.1) is 4.73 Å². The topological polar surface area (TPSA) is 98.2 Å². The molecule has 0 radical (unpaired) electrons. The van der Waals surface area contributed by atoms with E-state index in [4.69, 9.17) is 5.73 Å². The number of pyridine rings is 2. The summed E-state index contributed by atoms with van der Waals surface area (Å²) in [7, 11) is 0. The number of Topliss-reactive ketones (excluding diaryl/α,β-unsaturated/α-hetero) is 1. The van der Waals surface area contributed by atoms with Crippen molar-refractivity contribution in [2.75, 3.05) is 5.73 Å². The number of carbonyl (C=O) groups is 1. The third-order valence-corrected chi connectivity index (χ3v) is 5.94. The molecule has 6 nitrogen and oxygen atoms in total. The Labute approximate surface area is 177 Å². The zero-order valence-corrected chi connectivity index (χ0v) is 17.0. The number of anilines is 1. The van der Waals surface area contributed by atoms with E-state index < -0.39 is 23.0 Å². The Hall–Kier alpha value is -3.29. The summed E-state index contributed by atoms with van der Waals surface area (Å²) in [6.07, 6.45) is 7.08. The highest BCUT2D eigenvalue weighted by atomic mass is 19.1. The number of rotatable bonds is 4. The molecular formula is C23H23F2N3O3. The molecule has 0 unspecified atom stereocenters. The molecule has 0 spiro atoms. The number of hydrogen-bond donors (Lipinski definition) is 2. The number of ketones is 1. The summed E-state index contributed by atoms with van der Waals surface area (Å²) in [4.78, 5) is 29.8. The fourth-order valence-electron chi connectivity index (χ4n) is 4.30. The third kappa shape index (κ3) is 3.89. The lowest BCUT2D eigenvalue weighted by molar-refractivity contribution is 0.0976. The van der Waals surface area contributed by atoms with Crippen LogP contribution in [0.5, 0.6) is 0 Å². The van der Waals surface area contributed by atoms with Gasteiger partial charge in [-0.25, -0.2) is 13.8 Å². The molecule has 1 aromatic carbocycles. The summed E-state index contributed by atoms with van der Waals surface area (Å²) in [6, 6.07) is 3.12. The summed E-state index contributed by atoms with van der Waals surface area (Å²) in [5, 5.41) is 10.9. The van der Waals surface area contributed by atoms with E-state index in [1.807, 2.05) is 0 Å². The monoisotopic (exact) mass is 427 g/mol. The van der Waals surface area contributed by atoms with Crippen molar-refractivity contribution in [3.8, 4) is 0 Å². The first kappa shape index (κ1) is 21.0. The van der Waals surface area contributed by atoms with Crippen LogP contribution in [0.25, 0.3) is 11.0 Å². The van der Waals surface area contributed by atoms with Crippen LogP contribution in [-0.2, 0) is 19.3 Å². The van der Waals surface area contributed by atoms with Crippen LogP contribution in [0.3, 0.4) is 0 Å². The molecule has 0 bridgehead atoms. The standard InChI is InChI=1S/C23H23F2N3O3/c24-15-9-7-13(17(25)11-15)8-10-18(29)20-21(26)19-16-6-4-2-1-3-5-14(16)12-27-22(19)28(31)23(20)30/h7,9,11-12,31H,1-6,8,10,26H2. The number of carbonyl (C=O) groups excluding carboxylic acids is 1. The van der Waals surface area contributed by atoms with E-state index in [9.17, 15) is 23.6 Å². The summed E-state index contributed by atoms with van der Waals surface area (Å²) in [6.45, 7) is 0. The predicted molar refractivity (Wildman–Crippen MR) is 112 cm³/mol. The summed E-state index contributed by atoms with van der Waals surface area (Å²) >= 11 is 0. The second-order valence-electron chi connectivity index (χ2n) is 7.94. The maximum atomic E-state index is 13.9. The lowest BCUT2D eigenvalue weighted by Gasteiger charge is -2.18. The Morgan fingerprint density at radius 3 is 2.65 bits per heavy atom. The van der Waals surface area contributed by atoms with Gasteiger partial charge in [0.15, 0.2) is 11.4 Å². The van der Waals surface area contributed by atoms with E-state index in [1.165, 1.54) is 6.07 Å². The van der Waals surface area contributed by atoms with E-state index in [2.05, 4.69) is 4.98 Å². The highest BCUT2D eigenvalue weighted by molar-refractivity contribution is 6.07. The molecule has 1 aliphatic rings. The van der Waals surface area contributed by atoms with E-state index in [-0.39, 0.29) is 35.3 Å². The molecule has 0 aliphatic heterocycles. The van der Waals surface area contributed by atoms with Crippen molar-refractivity contribution < 1.29 is 18.8 Å². The zero-order chi connectivity index (χ0) is 22.1. The molecule has 1 aliphatic carbocycles. The van der Waals surface area contributed by atoms with Crippen LogP contribution >= 0.6 is 0 Å². The highest BCUT2D eigenvalue weighted by Crippen LogP contribution is 2.31. The molecule has 0 fully saturated rings. The van der Waals surface area contributed by atoms with Gasteiger partial charge in [-0.1, -0.05) is 18.9 Å². The van der Waals surface area contributed by atoms with Crippen LogP contribution in [0, 0.1) is 11.6 Å². The zero-order valence-electron chi connectivity index (χ0n) is 17.0. The number of nitrogens with zero attached hydrogens (tertiary/aromatic N) is 2. The van der Waals surface area contributed by atoms with Crippen molar-refractivity contribution in [3.05, 3.63) is 68.6 Å². The average Bonchev–Trinajstić information content (AvgIpc) is 2.71. The van der Waals surface area contributed by atoms with Crippen LogP contribution in [0.4, 0.5) is 14.5 Å². The van der Waals surface area contributed by atoms with Crippen molar-refractivity contribution in [3.63, 3.8) is 0 Å². The first-order valence-corrected chi connectivity index (χ1v) is 10.4. The summed E-state index contributed by atoms with van der Waals surface area (Å²) in [5.74, 6) is -2.08. The molecule has 8 heteroatoms. The number of hydrogen-bond acceptors (Lipinski definition) is 5. The second kappa shape index (κ2) is 8.45. The molecule has 2 aromatic heterocycles. The van der Waals surface area contributed by atoms with Gasteiger partial charge >= 0.3 is 0 Å². The van der Waals surface area contributed by atoms with Crippen LogP contribution in [0.1, 0.15) is 59.2 Å². The predicted octanol–water partition coefficient (Wildman–Crippen LogP) is 3.97. The molecule has 2 heterocycles. The van der Waals surface area contributed by atoms with Crippen LogP contribution in [-0.4, -0.2) is 20.7 Å². The van der Waals surface area contributed by atoms with Crippen molar-refractivity contribution in [2.24, 2.45) is 0 Å². The Morgan fingerprint density at radius 1 is 1.16 bits per heavy atom. The fourth-order valence-corrected chi connectivity index (χ4v) is 4.30. The summed E-state index contributed by atoms with van der Waals surface area (Å²) in [5.41, 5.74) is 7.14. The Bertz CT molecular complexity index is 1240. The fraction of sp³-hybridized carbons (Fsp3) is 0.348. The van der Waals surface area contributed by atoms with E-state index in [1.54, 1.807) is 6.20 Å². The van der Waals surface area contributed by atoms with Crippen molar-refractivity contribution >= 4 is 22.5 Å². The van der Waals surface area contributed by atoms with Gasteiger partial charge in [-0.05, 0) is 54.9 Å². The minimum absolute atomic E-state index is 0.000184. The normalized spacial score (nSPS) is 14.1. The number of halogens is 2. The first-order valence-electron chi connectivity index (χ1n) is 10.4. The van der Waals surface area contributed by atoms with Crippen LogP contribution in [0.2, 0.25) is 0 Å². The Balaban J connectivity index is 1.77. The lowest BCUT2D eigenvalue weighted by Crippen LogP contribution is -2.28. The molecule has 0 saturated heterocycles. The largest absolute Gasteiger partial charge is 0.423 e. The van der Waals surface area contributed by atoms with Crippen molar-refractivity contribution in [2.45, 2.75) is 51.4 Å². The molecule has 162 valence electrons. The molecular weight excluding hydrogens is 404 g/mol. The quantitative estimate of drug-likeness (QED) is 0.485. The van der Waals surface area contributed by atoms with Gasteiger partial charge in [0.2, 0.25) is 0 Å². The number of fused-ring (bicyclic) bond motifs is 3. The molecule has 3 N–H and O–H groups in total. The van der Waals surface area contributed by atoms with Crippen LogP contribution in [0.15, 0.2) is 29.2 Å². The van der Waals surface area contributed by atoms with Crippen molar-refractivity contribution in [1.29, 1.82) is 0 Å². The molecule has 31 heavy (non-hydrogen) atoms. The van der Waals surface area contributed by atoms with Gasteiger partial charge in [0, 0.05) is 24.1 Å². The highest BCUT2D eigenvalue weighted by Gasteiger charge is 2.25. The minimum Gasteiger partial charge on any atom is -0.423 e. The molecule has 0 amide bonds. The molecule has 3 aromatic rings. The number of aryl methyl sites for hydroxylation is 3. The maximum absolute atomic E-state index is 13.9. The molecule has 0 atom stereocenters. The SMILES string of the molecule is Nc1c(C(=O)CCc2ccc(F)cc2F)c(=O)n(O)c2ncc3c(c12)CCCCCC3. The van der Waals surface area contributed by atoms with Gasteiger partial charge in [0.1, 0.15) is 17.2 Å². The van der Waals surface area contributed by atoms with E-state index >= 15 is 0 Å². The van der Waals surface area contributed by atoms with Gasteiger partial charge < -0.3 is 10.9 Å². The van der Waals surface area contributed by atoms with Gasteiger partial charge in [-0.3, -0.25) is 9.59 Å². The number of aromatic nitrogens is 2. The summed E-state index contributed by atoms with van der Waals surface area (Å²) < 4.78 is 27.4. The maximum Gasteiger partial charge on any atom is 0.297 e. The minimum atomic E-state index is -0.951. The van der Waals surface area contributed by atoms with Crippen molar-refractivity contribution in [1.82, 2.24) is 9.71 Å². The average molecular weight is 427 g/mol. The lowest BCUT2D eigenvalue weighted by atomic mass is 9.91. The molecule has 4 rings (SSSR count). The first-order chi connectivity index (χ1) is 14.9. The second-order valence-corrected chi connectivity index (χ2v) is 7.94. The third-order valence-electron chi connectivity index (χ3n) is 5.94.